The fourth-order valence-electron chi connectivity index (χ4n) is 0.168. The Balaban J connectivity index is 0.000000250. The minimum absolute atomic E-state index is 0. The van der Waals surface area contributed by atoms with Gasteiger partial charge in [0.25, 0.3) is 0 Å². The van der Waals surface area contributed by atoms with E-state index >= 15 is 0 Å². The van der Waals surface area contributed by atoms with Gasteiger partial charge >= 0.3 is 73.1 Å². The predicted molar refractivity (Wildman–Crippen MR) is 14.0 cm³/mol. The van der Waals surface area contributed by atoms with Crippen LogP contribution in [0.4, 0.5) is 0 Å². The molecule has 38 valence electrons. The summed E-state index contributed by atoms with van der Waals surface area (Å²) in [6, 6.07) is 0. The predicted octanol–water partition coefficient (Wildman–Crippen LogP) is -5.40. The Bertz CT molecular complexity index is 46.8. The molecule has 0 aromatic heterocycles. The van der Waals surface area contributed by atoms with Crippen molar-refractivity contribution in [2.45, 2.75) is 0 Å². The molecule has 1 rings (SSSR count). The number of alkyl halides is 2. The molecule has 0 unspecified atom stereocenters. The molecule has 0 spiro atoms. The van der Waals surface area contributed by atoms with Gasteiger partial charge in [-0.2, -0.15) is 0 Å². The van der Waals surface area contributed by atoms with Crippen LogP contribution in [0.3, 0.4) is 0 Å². The molecule has 0 saturated heterocycles. The number of rotatable bonds is 0. The first-order valence-electron chi connectivity index (χ1n) is 1.30. The van der Waals surface area contributed by atoms with Crippen LogP contribution in [-0.4, -0.2) is 2.43 Å². The van der Waals surface area contributed by atoms with Gasteiger partial charge in [0.2, 0.25) is 0 Å². The van der Waals surface area contributed by atoms with Gasteiger partial charge in [0, 0.05) is 0 Å². The average molecular weight is 486 g/mol. The summed E-state index contributed by atoms with van der Waals surface area (Å²) in [6.45, 7) is 0. The van der Waals surface area contributed by atoms with Gasteiger partial charge in [-0.1, -0.05) is 0 Å². The number of hydrogen-bond acceptors (Lipinski definition) is 0. The molecule has 0 aromatic carbocycles. The molecule has 1 aliphatic rings. The summed E-state index contributed by atoms with van der Waals surface area (Å²) < 4.78 is 6.40. The van der Waals surface area contributed by atoms with Crippen LogP contribution in [0, 0.1) is 0 Å². The molecule has 3 heteroatoms. The minimum atomic E-state index is 0. The summed E-state index contributed by atoms with van der Waals surface area (Å²) in [7, 11) is 0. The van der Waals surface area contributed by atoms with Gasteiger partial charge in [0.05, 0.1) is 0 Å². The molecule has 6 heavy (non-hydrogen) atoms. The van der Waals surface area contributed by atoms with Crippen LogP contribution in [0.1, 0.15) is 0 Å². The van der Waals surface area contributed by atoms with Gasteiger partial charge in [-0.15, -0.1) is 0 Å². The number of hydrogen-bond donors (Lipinski definition) is 0. The maximum atomic E-state index is 2.40. The summed E-state index contributed by atoms with van der Waals surface area (Å²) in [5, 5.41) is 0. The summed E-state index contributed by atoms with van der Waals surface area (Å²) in [4.78, 5) is 0. The van der Waals surface area contributed by atoms with Gasteiger partial charge in [-0.3, -0.25) is 0 Å². The summed E-state index contributed by atoms with van der Waals surface area (Å²) in [6.07, 6.45) is 0. The van der Waals surface area contributed by atoms with Gasteiger partial charge in [0.1, 0.15) is 0 Å². The first kappa shape index (κ1) is 7.85. The standard InChI is InChI=1S/C3H4I2.Ir/c1-2-5-3-4-1;/h1-2H,3H2;/q-2;+3. The Morgan fingerprint density at radius 2 is 1.67 bits per heavy atom. The Morgan fingerprint density at radius 1 is 1.17 bits per heavy atom. The molecule has 0 atom stereocenters. The first-order chi connectivity index (χ1) is 2.50. The van der Waals surface area contributed by atoms with Crippen molar-refractivity contribution in [1.82, 2.24) is 0 Å². The maximum Gasteiger partial charge on any atom is 3.00 e. The minimum Gasteiger partial charge on any atom is 3.00 e. The number of halogens is 2. The molecule has 0 radical (unpaired) electrons. The van der Waals surface area contributed by atoms with Gasteiger partial charge < -0.3 is 0 Å². The smallest absolute Gasteiger partial charge is 3.00 e. The first-order valence-corrected chi connectivity index (χ1v) is 6.85. The van der Waals surface area contributed by atoms with Crippen LogP contribution in [0.2, 0.25) is 0 Å². The fourth-order valence-corrected chi connectivity index (χ4v) is 7.58. The molecule has 0 amide bonds. The van der Waals surface area contributed by atoms with Crippen molar-refractivity contribution in [1.29, 1.82) is 0 Å². The molecular formula is C3H4I2Ir+. The summed E-state index contributed by atoms with van der Waals surface area (Å²) >= 11 is 1.22. The average Bonchev–Trinajstić information content (AvgIpc) is 1.76. The Kier molecular flexibility index (Phi) is 6.54. The third-order valence-electron chi connectivity index (χ3n) is 0.342. The largest absolute Gasteiger partial charge is 3.00 e. The molecule has 0 aromatic rings. The Labute approximate surface area is 72.0 Å². The van der Waals surface area contributed by atoms with Crippen LogP contribution in [0.5, 0.6) is 0 Å². The van der Waals surface area contributed by atoms with E-state index in [0.29, 0.717) is 42.4 Å². The fraction of sp³-hybridized carbons (Fsp3) is 0.333. The SMILES string of the molecule is C1=C[I-]C[I-]1.[Ir+3]. The quantitative estimate of drug-likeness (QED) is 0.237. The van der Waals surface area contributed by atoms with E-state index in [4.69, 9.17) is 0 Å². The molecule has 0 nitrogen and oxygen atoms in total. The van der Waals surface area contributed by atoms with Gasteiger partial charge in [-0.05, 0) is 0 Å². The van der Waals surface area contributed by atoms with Gasteiger partial charge in [-0.25, -0.2) is 0 Å². The Hall–Kier alpha value is 1.85. The maximum absolute atomic E-state index is 2.40. The van der Waals surface area contributed by atoms with Crippen LogP contribution in [0.25, 0.3) is 0 Å². The van der Waals surface area contributed by atoms with E-state index in [9.17, 15) is 0 Å². The second-order valence-electron chi connectivity index (χ2n) is 0.662. The molecule has 0 N–H and O–H groups in total. The van der Waals surface area contributed by atoms with Gasteiger partial charge in [0.15, 0.2) is 0 Å². The molecule has 0 saturated carbocycles. The van der Waals surface area contributed by atoms with E-state index < -0.39 is 0 Å². The second-order valence-corrected chi connectivity index (χ2v) is 8.31. The van der Waals surface area contributed by atoms with Crippen molar-refractivity contribution >= 4 is 0 Å². The molecule has 0 aliphatic carbocycles. The summed E-state index contributed by atoms with van der Waals surface area (Å²) in [5.74, 6) is 0. The zero-order valence-corrected chi connectivity index (χ0v) is 9.66. The van der Waals surface area contributed by atoms with Crippen LogP contribution < -0.4 is 42.4 Å². The van der Waals surface area contributed by atoms with E-state index in [0.717, 1.165) is 0 Å². The van der Waals surface area contributed by atoms with Crippen LogP contribution in [0.15, 0.2) is 8.17 Å². The Morgan fingerprint density at radius 3 is 1.83 bits per heavy atom. The van der Waals surface area contributed by atoms with E-state index in [2.05, 4.69) is 8.17 Å². The normalized spacial score (nSPS) is 20.0. The molecule has 0 bridgehead atoms. The third-order valence-corrected chi connectivity index (χ3v) is 8.59. The van der Waals surface area contributed by atoms with Crippen molar-refractivity contribution in [2.24, 2.45) is 0 Å². The monoisotopic (exact) mass is 487 g/mol. The molecule has 1 aliphatic heterocycles. The summed E-state index contributed by atoms with van der Waals surface area (Å²) in [5.41, 5.74) is 0. The van der Waals surface area contributed by atoms with Crippen molar-refractivity contribution in [3.63, 3.8) is 0 Å². The van der Waals surface area contributed by atoms with E-state index in [1.54, 1.807) is 2.43 Å². The van der Waals surface area contributed by atoms with Crippen LogP contribution in [-0.2, 0) is 20.1 Å². The van der Waals surface area contributed by atoms with Crippen molar-refractivity contribution in [3.05, 3.63) is 8.17 Å². The van der Waals surface area contributed by atoms with E-state index in [1.165, 1.54) is 0 Å². The van der Waals surface area contributed by atoms with Crippen molar-refractivity contribution in [3.8, 4) is 0 Å². The van der Waals surface area contributed by atoms with Crippen molar-refractivity contribution in [2.75, 3.05) is 2.43 Å². The van der Waals surface area contributed by atoms with E-state index in [1.807, 2.05) is 0 Å². The second kappa shape index (κ2) is 5.00. The topological polar surface area (TPSA) is 0 Å². The zero-order chi connectivity index (χ0) is 3.54. The molecular weight excluding hydrogens is 482 g/mol. The zero-order valence-electron chi connectivity index (χ0n) is 2.95. The molecule has 0 fully saturated rings. The van der Waals surface area contributed by atoms with E-state index in [-0.39, 0.29) is 20.1 Å². The molecule has 1 heterocycles. The third kappa shape index (κ3) is 2.93. The van der Waals surface area contributed by atoms with Crippen molar-refractivity contribution < 1.29 is 62.5 Å². The van der Waals surface area contributed by atoms with Crippen LogP contribution >= 0.6 is 0 Å².